The van der Waals surface area contributed by atoms with Crippen LogP contribution in [-0.2, 0) is 20.9 Å². The fourth-order valence-electron chi connectivity index (χ4n) is 3.90. The number of amides is 2. The maximum absolute atomic E-state index is 12.7. The van der Waals surface area contributed by atoms with E-state index in [1.54, 1.807) is 29.2 Å². The molecule has 3 rings (SSSR count). The van der Waals surface area contributed by atoms with Gasteiger partial charge in [-0.15, -0.1) is 0 Å². The number of piperazine rings is 1. The molecule has 1 heterocycles. The molecule has 8 nitrogen and oxygen atoms in total. The predicted molar refractivity (Wildman–Crippen MR) is 133 cm³/mol. The van der Waals surface area contributed by atoms with E-state index in [2.05, 4.69) is 22.3 Å². The third-order valence-corrected chi connectivity index (χ3v) is 5.95. The maximum Gasteiger partial charge on any atom is 0.329 e. The number of nitrogens with zero attached hydrogens (tertiary/aromatic N) is 2. The summed E-state index contributed by atoms with van der Waals surface area (Å²) in [5, 5.41) is 2.73. The molecular formula is C27H35N3O5. The zero-order valence-electron chi connectivity index (χ0n) is 20.7. The van der Waals surface area contributed by atoms with Gasteiger partial charge in [-0.25, -0.2) is 4.79 Å². The SMILES string of the molecule is CCOc1ccc(C(=O)N[C@H](C(=O)OCC(=O)N2CCN(Cc3ccccc3)CC2)C(C)C)cc1. The molecule has 1 aliphatic heterocycles. The lowest BCUT2D eigenvalue weighted by Crippen LogP contribution is -2.50. The van der Waals surface area contributed by atoms with Gasteiger partial charge >= 0.3 is 5.97 Å². The van der Waals surface area contributed by atoms with Crippen molar-refractivity contribution in [2.75, 3.05) is 39.4 Å². The summed E-state index contributed by atoms with van der Waals surface area (Å²) in [5.41, 5.74) is 1.66. The second-order valence-electron chi connectivity index (χ2n) is 8.90. The van der Waals surface area contributed by atoms with Gasteiger partial charge in [0.05, 0.1) is 6.61 Å². The average molecular weight is 482 g/mol. The summed E-state index contributed by atoms with van der Waals surface area (Å²) in [4.78, 5) is 42.0. The summed E-state index contributed by atoms with van der Waals surface area (Å²) < 4.78 is 10.7. The molecular weight excluding hydrogens is 446 g/mol. The molecule has 2 aromatic carbocycles. The number of ether oxygens (including phenoxy) is 2. The van der Waals surface area contributed by atoms with Crippen LogP contribution in [0.4, 0.5) is 0 Å². The number of hydrogen-bond acceptors (Lipinski definition) is 6. The van der Waals surface area contributed by atoms with Crippen LogP contribution in [0.25, 0.3) is 0 Å². The molecule has 0 bridgehead atoms. The zero-order chi connectivity index (χ0) is 25.2. The van der Waals surface area contributed by atoms with Crippen LogP contribution >= 0.6 is 0 Å². The fraction of sp³-hybridized carbons (Fsp3) is 0.444. The Morgan fingerprint density at radius 3 is 2.20 bits per heavy atom. The van der Waals surface area contributed by atoms with Crippen molar-refractivity contribution in [2.24, 2.45) is 5.92 Å². The summed E-state index contributed by atoms with van der Waals surface area (Å²) in [6.07, 6.45) is 0. The van der Waals surface area contributed by atoms with E-state index in [1.165, 1.54) is 5.56 Å². The molecule has 188 valence electrons. The van der Waals surface area contributed by atoms with Crippen molar-refractivity contribution in [2.45, 2.75) is 33.4 Å². The molecule has 0 spiro atoms. The third kappa shape index (κ3) is 7.82. The summed E-state index contributed by atoms with van der Waals surface area (Å²) in [6.45, 7) is 9.28. The summed E-state index contributed by atoms with van der Waals surface area (Å²) in [5.74, 6) is -0.757. The normalized spacial score (nSPS) is 14.9. The Balaban J connectivity index is 1.45. The fourth-order valence-corrected chi connectivity index (χ4v) is 3.90. The second-order valence-corrected chi connectivity index (χ2v) is 8.90. The van der Waals surface area contributed by atoms with Gasteiger partial charge in [-0.1, -0.05) is 44.2 Å². The van der Waals surface area contributed by atoms with Crippen LogP contribution in [-0.4, -0.2) is 73.0 Å². The highest BCUT2D eigenvalue weighted by atomic mass is 16.5. The molecule has 0 aliphatic carbocycles. The highest BCUT2D eigenvalue weighted by Gasteiger charge is 2.28. The molecule has 0 radical (unpaired) electrons. The van der Waals surface area contributed by atoms with E-state index >= 15 is 0 Å². The van der Waals surface area contributed by atoms with E-state index in [1.807, 2.05) is 39.0 Å². The van der Waals surface area contributed by atoms with Gasteiger partial charge in [0.2, 0.25) is 0 Å². The van der Waals surface area contributed by atoms with Gasteiger partial charge in [-0.2, -0.15) is 0 Å². The average Bonchev–Trinajstić information content (AvgIpc) is 2.87. The summed E-state index contributed by atoms with van der Waals surface area (Å²) >= 11 is 0. The number of esters is 1. The number of hydrogen-bond donors (Lipinski definition) is 1. The minimum Gasteiger partial charge on any atom is -0.494 e. The number of nitrogens with one attached hydrogen (secondary N) is 1. The lowest BCUT2D eigenvalue weighted by atomic mass is 10.0. The molecule has 0 unspecified atom stereocenters. The number of carbonyl (C=O) groups excluding carboxylic acids is 3. The zero-order valence-corrected chi connectivity index (χ0v) is 20.7. The Morgan fingerprint density at radius 2 is 1.60 bits per heavy atom. The minimum absolute atomic E-state index is 0.203. The largest absolute Gasteiger partial charge is 0.494 e. The standard InChI is InChI=1S/C27H35N3O5/c1-4-34-23-12-10-22(11-13-23)26(32)28-25(20(2)3)27(33)35-19-24(31)30-16-14-29(15-17-30)18-21-8-6-5-7-9-21/h5-13,20,25H,4,14-19H2,1-3H3,(H,28,32)/t25-/m0/s1. The molecule has 1 atom stereocenters. The minimum atomic E-state index is -0.857. The van der Waals surface area contributed by atoms with Gasteiger partial charge in [0.1, 0.15) is 11.8 Å². The van der Waals surface area contributed by atoms with E-state index in [9.17, 15) is 14.4 Å². The first kappa shape index (κ1) is 26.2. The molecule has 2 aromatic rings. The van der Waals surface area contributed by atoms with Crippen molar-refractivity contribution in [3.63, 3.8) is 0 Å². The highest BCUT2D eigenvalue weighted by molar-refractivity contribution is 5.97. The number of carbonyl (C=O) groups is 3. The van der Waals surface area contributed by atoms with Gasteiger partial charge in [-0.05, 0) is 42.7 Å². The Morgan fingerprint density at radius 1 is 0.943 bits per heavy atom. The van der Waals surface area contributed by atoms with Crippen molar-refractivity contribution in [3.8, 4) is 5.75 Å². The van der Waals surface area contributed by atoms with Crippen molar-refractivity contribution in [1.29, 1.82) is 0 Å². The van der Waals surface area contributed by atoms with Crippen molar-refractivity contribution in [1.82, 2.24) is 15.1 Å². The quantitative estimate of drug-likeness (QED) is 0.525. The predicted octanol–water partition coefficient (Wildman–Crippen LogP) is 2.73. The van der Waals surface area contributed by atoms with Gasteiger partial charge in [0.15, 0.2) is 6.61 Å². The van der Waals surface area contributed by atoms with Crippen molar-refractivity contribution in [3.05, 3.63) is 65.7 Å². The molecule has 1 fully saturated rings. The molecule has 1 aliphatic rings. The van der Waals surface area contributed by atoms with E-state index < -0.39 is 12.0 Å². The topological polar surface area (TPSA) is 88.2 Å². The molecule has 8 heteroatoms. The third-order valence-electron chi connectivity index (χ3n) is 5.95. The van der Waals surface area contributed by atoms with Crippen molar-refractivity contribution < 1.29 is 23.9 Å². The number of rotatable bonds is 10. The summed E-state index contributed by atoms with van der Waals surface area (Å²) in [7, 11) is 0. The monoisotopic (exact) mass is 481 g/mol. The first-order valence-electron chi connectivity index (χ1n) is 12.1. The van der Waals surface area contributed by atoms with Crippen LogP contribution in [0.15, 0.2) is 54.6 Å². The molecule has 1 N–H and O–H groups in total. The molecule has 2 amide bonds. The van der Waals surface area contributed by atoms with Gasteiger partial charge in [-0.3, -0.25) is 14.5 Å². The lowest BCUT2D eigenvalue weighted by Gasteiger charge is -2.34. The van der Waals surface area contributed by atoms with E-state index in [-0.39, 0.29) is 24.3 Å². The van der Waals surface area contributed by atoms with Crippen LogP contribution in [0.1, 0.15) is 36.7 Å². The Labute approximate surface area is 207 Å². The lowest BCUT2D eigenvalue weighted by molar-refractivity contribution is -0.155. The first-order valence-corrected chi connectivity index (χ1v) is 12.1. The molecule has 35 heavy (non-hydrogen) atoms. The first-order chi connectivity index (χ1) is 16.9. The Hall–Kier alpha value is -3.39. The van der Waals surface area contributed by atoms with E-state index in [0.29, 0.717) is 31.0 Å². The second kappa shape index (κ2) is 12.9. The van der Waals surface area contributed by atoms with Crippen LogP contribution < -0.4 is 10.1 Å². The van der Waals surface area contributed by atoms with Crippen molar-refractivity contribution >= 4 is 17.8 Å². The Bertz CT molecular complexity index is 970. The van der Waals surface area contributed by atoms with E-state index in [0.717, 1.165) is 19.6 Å². The smallest absolute Gasteiger partial charge is 0.329 e. The van der Waals surface area contributed by atoms with Crippen LogP contribution in [0.3, 0.4) is 0 Å². The van der Waals surface area contributed by atoms with Gasteiger partial charge < -0.3 is 19.7 Å². The van der Waals surface area contributed by atoms with Crippen LogP contribution in [0, 0.1) is 5.92 Å². The highest BCUT2D eigenvalue weighted by Crippen LogP contribution is 2.14. The maximum atomic E-state index is 12.7. The van der Waals surface area contributed by atoms with Gasteiger partial charge in [0, 0.05) is 38.3 Å². The van der Waals surface area contributed by atoms with Crippen LogP contribution in [0.2, 0.25) is 0 Å². The molecule has 1 saturated heterocycles. The van der Waals surface area contributed by atoms with E-state index in [4.69, 9.17) is 9.47 Å². The number of benzene rings is 2. The molecule has 0 saturated carbocycles. The Kier molecular flexibility index (Phi) is 9.66. The van der Waals surface area contributed by atoms with Gasteiger partial charge in [0.25, 0.3) is 11.8 Å². The summed E-state index contributed by atoms with van der Waals surface area (Å²) in [6, 6.07) is 16.1. The molecule has 0 aromatic heterocycles. The van der Waals surface area contributed by atoms with Crippen LogP contribution in [0.5, 0.6) is 5.75 Å².